The molecule has 0 aliphatic rings. The third-order valence-corrected chi connectivity index (χ3v) is 1.16. The van der Waals surface area contributed by atoms with Crippen LogP contribution >= 0.6 is 24.8 Å². The zero-order chi connectivity index (χ0) is 6.73. The highest BCUT2D eigenvalue weighted by molar-refractivity contribution is 5.85. The molecule has 0 saturated heterocycles. The van der Waals surface area contributed by atoms with E-state index in [9.17, 15) is 0 Å². The molecule has 0 fully saturated rings. The number of nitrogens with two attached hydrogens (primary N) is 2. The molecule has 0 bridgehead atoms. The van der Waals surface area contributed by atoms with Crippen molar-refractivity contribution in [3.8, 4) is 0 Å². The Balaban J connectivity index is -0.000000245. The molecule has 0 rings (SSSR count). The van der Waals surface area contributed by atoms with Gasteiger partial charge in [0.1, 0.15) is 0 Å². The third-order valence-electron chi connectivity index (χ3n) is 1.16. The van der Waals surface area contributed by atoms with Gasteiger partial charge in [-0.1, -0.05) is 0 Å². The first-order chi connectivity index (χ1) is 3.55. The first kappa shape index (κ1) is 16.8. The van der Waals surface area contributed by atoms with Gasteiger partial charge < -0.3 is 16.6 Å². The highest BCUT2D eigenvalue weighted by atomic mass is 35.5. The summed E-state index contributed by atoms with van der Waals surface area (Å²) in [5, 5.41) is 8.79. The molecule has 0 saturated carbocycles. The van der Waals surface area contributed by atoms with E-state index in [2.05, 4.69) is 0 Å². The fraction of sp³-hybridized carbons (Fsp3) is 1.00. The molecule has 0 aliphatic carbocycles. The Bertz CT molecular complexity index is 62.7. The van der Waals surface area contributed by atoms with E-state index in [4.69, 9.17) is 16.6 Å². The number of aliphatic hydroxyl groups excluding tert-OH is 1. The molecule has 0 radical (unpaired) electrons. The van der Waals surface area contributed by atoms with Gasteiger partial charge in [-0.3, -0.25) is 0 Å². The molecule has 0 aromatic carbocycles. The van der Waals surface area contributed by atoms with Crippen molar-refractivity contribution in [2.75, 3.05) is 0 Å². The second-order valence-electron chi connectivity index (χ2n) is 2.18. The monoisotopic (exact) mass is 190 g/mol. The van der Waals surface area contributed by atoms with Gasteiger partial charge >= 0.3 is 0 Å². The van der Waals surface area contributed by atoms with Gasteiger partial charge in [0.15, 0.2) is 0 Å². The summed E-state index contributed by atoms with van der Waals surface area (Å²) >= 11 is 0. The summed E-state index contributed by atoms with van der Waals surface area (Å²) in [7, 11) is 0. The number of hydrogen-bond donors (Lipinski definition) is 3. The van der Waals surface area contributed by atoms with E-state index in [0.717, 1.165) is 0 Å². The maximum atomic E-state index is 8.79. The average molecular weight is 191 g/mol. The molecule has 3 nitrogen and oxygen atoms in total. The second-order valence-corrected chi connectivity index (χ2v) is 2.18. The zero-order valence-electron chi connectivity index (χ0n) is 6.15. The Labute approximate surface area is 74.0 Å². The number of hydrogen-bond acceptors (Lipinski definition) is 3. The lowest BCUT2D eigenvalue weighted by molar-refractivity contribution is 0.154. The fourth-order valence-electron chi connectivity index (χ4n) is 0.439. The van der Waals surface area contributed by atoms with E-state index in [-0.39, 0.29) is 36.9 Å². The van der Waals surface area contributed by atoms with Crippen LogP contribution in [0.4, 0.5) is 0 Å². The van der Waals surface area contributed by atoms with Crippen molar-refractivity contribution in [3.05, 3.63) is 0 Å². The molecular formula is C5H16Cl2N2O. The predicted molar refractivity (Wildman–Crippen MR) is 47.8 cm³/mol. The van der Waals surface area contributed by atoms with Gasteiger partial charge in [0, 0.05) is 12.1 Å². The van der Waals surface area contributed by atoms with Gasteiger partial charge in [0.25, 0.3) is 0 Å². The van der Waals surface area contributed by atoms with E-state index in [1.54, 1.807) is 13.8 Å². The van der Waals surface area contributed by atoms with E-state index in [0.29, 0.717) is 0 Å². The third kappa shape index (κ3) is 6.58. The number of aliphatic hydroxyl groups is 1. The molecule has 0 aliphatic heterocycles. The maximum absolute atomic E-state index is 8.79. The van der Waals surface area contributed by atoms with E-state index in [1.165, 1.54) is 0 Å². The molecule has 10 heavy (non-hydrogen) atoms. The SMILES string of the molecule is CC(N)C(N)C(C)O.Cl.Cl. The highest BCUT2D eigenvalue weighted by Gasteiger charge is 2.12. The fourth-order valence-corrected chi connectivity index (χ4v) is 0.439. The number of halogens is 2. The summed E-state index contributed by atoms with van der Waals surface area (Å²) in [5.74, 6) is 0. The first-order valence-electron chi connectivity index (χ1n) is 2.75. The summed E-state index contributed by atoms with van der Waals surface area (Å²) in [5.41, 5.74) is 10.7. The maximum Gasteiger partial charge on any atom is 0.0678 e. The molecule has 5 heteroatoms. The van der Waals surface area contributed by atoms with Gasteiger partial charge in [-0.15, -0.1) is 24.8 Å². The molecule has 0 amide bonds. The van der Waals surface area contributed by atoms with Crippen LogP contribution in [-0.4, -0.2) is 23.3 Å². The van der Waals surface area contributed by atoms with Gasteiger partial charge in [-0.05, 0) is 13.8 Å². The topological polar surface area (TPSA) is 72.3 Å². The predicted octanol–water partition coefficient (Wildman–Crippen LogP) is -0.115. The van der Waals surface area contributed by atoms with E-state index in [1.807, 2.05) is 0 Å². The van der Waals surface area contributed by atoms with Gasteiger partial charge in [-0.25, -0.2) is 0 Å². The second kappa shape index (κ2) is 7.57. The van der Waals surface area contributed by atoms with Gasteiger partial charge in [-0.2, -0.15) is 0 Å². The molecule has 0 spiro atoms. The minimum absolute atomic E-state index is 0. The van der Waals surface area contributed by atoms with Crippen LogP contribution in [0, 0.1) is 0 Å². The molecule has 3 unspecified atom stereocenters. The summed E-state index contributed by atoms with van der Waals surface area (Å²) in [6.07, 6.45) is -0.505. The van der Waals surface area contributed by atoms with E-state index >= 15 is 0 Å². The Hall–Kier alpha value is 0.460. The largest absolute Gasteiger partial charge is 0.392 e. The van der Waals surface area contributed by atoms with Crippen LogP contribution in [0.3, 0.4) is 0 Å². The van der Waals surface area contributed by atoms with Crippen LogP contribution in [0.5, 0.6) is 0 Å². The average Bonchev–Trinajstić information content (AvgIpc) is 1.64. The van der Waals surface area contributed by atoms with Gasteiger partial charge in [0.05, 0.1) is 6.10 Å². The molecule has 5 N–H and O–H groups in total. The molecule has 0 heterocycles. The van der Waals surface area contributed by atoms with Crippen molar-refractivity contribution in [3.63, 3.8) is 0 Å². The van der Waals surface area contributed by atoms with E-state index < -0.39 is 6.10 Å². The standard InChI is InChI=1S/C5H14N2O.2ClH/c1-3(6)5(7)4(2)8;;/h3-5,8H,6-7H2,1-2H3;2*1H. The van der Waals surface area contributed by atoms with Crippen LogP contribution in [0.2, 0.25) is 0 Å². The minimum atomic E-state index is -0.505. The van der Waals surface area contributed by atoms with Crippen molar-refractivity contribution in [1.29, 1.82) is 0 Å². The quantitative estimate of drug-likeness (QED) is 0.570. The van der Waals surface area contributed by atoms with Crippen molar-refractivity contribution in [2.45, 2.75) is 32.0 Å². The molecule has 3 atom stereocenters. The Kier molecular flexibility index (Phi) is 12.7. The minimum Gasteiger partial charge on any atom is -0.392 e. The van der Waals surface area contributed by atoms with Crippen LogP contribution in [0.1, 0.15) is 13.8 Å². The smallest absolute Gasteiger partial charge is 0.0678 e. The summed E-state index contributed by atoms with van der Waals surface area (Å²) in [6, 6.07) is -0.426. The van der Waals surface area contributed by atoms with Crippen LogP contribution in [0.25, 0.3) is 0 Å². The zero-order valence-corrected chi connectivity index (χ0v) is 7.78. The lowest BCUT2D eigenvalue weighted by atomic mass is 10.1. The summed E-state index contributed by atoms with van der Waals surface area (Å²) in [6.45, 7) is 3.41. The number of rotatable bonds is 2. The van der Waals surface area contributed by atoms with Crippen molar-refractivity contribution >= 4 is 24.8 Å². The molecule has 0 aromatic heterocycles. The Morgan fingerprint density at radius 1 is 1.10 bits per heavy atom. The lowest BCUT2D eigenvalue weighted by Crippen LogP contribution is -2.46. The first-order valence-corrected chi connectivity index (χ1v) is 2.75. The molecule has 0 aromatic rings. The van der Waals surface area contributed by atoms with Crippen molar-refractivity contribution in [1.82, 2.24) is 0 Å². The molecule has 66 valence electrons. The highest BCUT2D eigenvalue weighted by Crippen LogP contribution is 1.90. The van der Waals surface area contributed by atoms with Crippen LogP contribution in [0.15, 0.2) is 0 Å². The Morgan fingerprint density at radius 3 is 1.40 bits per heavy atom. The van der Waals surface area contributed by atoms with Crippen molar-refractivity contribution < 1.29 is 5.11 Å². The van der Waals surface area contributed by atoms with Crippen molar-refractivity contribution in [2.24, 2.45) is 11.5 Å². The molecular weight excluding hydrogens is 175 g/mol. The van der Waals surface area contributed by atoms with Crippen LogP contribution < -0.4 is 11.5 Å². The Morgan fingerprint density at radius 2 is 1.40 bits per heavy atom. The normalized spacial score (nSPS) is 17.7. The van der Waals surface area contributed by atoms with Gasteiger partial charge in [0.2, 0.25) is 0 Å². The van der Waals surface area contributed by atoms with Crippen LogP contribution in [-0.2, 0) is 0 Å². The summed E-state index contributed by atoms with van der Waals surface area (Å²) < 4.78 is 0. The summed E-state index contributed by atoms with van der Waals surface area (Å²) in [4.78, 5) is 0. The lowest BCUT2D eigenvalue weighted by Gasteiger charge is -2.17.